The van der Waals surface area contributed by atoms with E-state index in [0.29, 0.717) is 12.4 Å². The summed E-state index contributed by atoms with van der Waals surface area (Å²) >= 11 is 3.30. The van der Waals surface area contributed by atoms with Crippen LogP contribution in [0, 0.1) is 0 Å². The van der Waals surface area contributed by atoms with Crippen molar-refractivity contribution in [1.29, 1.82) is 0 Å². The molecule has 0 saturated carbocycles. The van der Waals surface area contributed by atoms with Crippen LogP contribution in [0.2, 0.25) is 0 Å². The van der Waals surface area contributed by atoms with E-state index >= 15 is 0 Å². The van der Waals surface area contributed by atoms with Crippen molar-refractivity contribution < 1.29 is 31.1 Å². The van der Waals surface area contributed by atoms with Crippen LogP contribution < -0.4 is 27.3 Å². The minimum Gasteiger partial charge on any atom is -1.00 e. The van der Waals surface area contributed by atoms with Crippen LogP contribution in [0.5, 0.6) is 0 Å². The lowest BCUT2D eigenvalue weighted by Crippen LogP contribution is -3.00. The number of hydrogen-bond donors (Lipinski definition) is 1. The third-order valence-corrected chi connectivity index (χ3v) is 2.10. The Labute approximate surface area is 107 Å². The zero-order valence-electron chi connectivity index (χ0n) is 8.24. The van der Waals surface area contributed by atoms with E-state index < -0.39 is 0 Å². The maximum absolute atomic E-state index is 11.2. The number of aromatic nitrogens is 1. The summed E-state index contributed by atoms with van der Waals surface area (Å²) < 4.78 is 7.31. The van der Waals surface area contributed by atoms with Gasteiger partial charge in [-0.25, -0.2) is 9.36 Å². The first-order valence-corrected chi connectivity index (χ1v) is 5.03. The molecule has 6 heteroatoms. The number of hydrogen-bond acceptors (Lipinski definition) is 3. The van der Waals surface area contributed by atoms with Crippen LogP contribution in [-0.4, -0.2) is 12.6 Å². The highest BCUT2D eigenvalue weighted by molar-refractivity contribution is 9.10. The first kappa shape index (κ1) is 14.4. The number of rotatable bonds is 3. The van der Waals surface area contributed by atoms with Crippen LogP contribution in [0.1, 0.15) is 6.92 Å². The molecule has 4 nitrogen and oxygen atoms in total. The molecule has 0 radical (unpaired) electrons. The number of anilines is 1. The Balaban J connectivity index is 0.00000196. The van der Waals surface area contributed by atoms with Gasteiger partial charge in [0.1, 0.15) is 6.20 Å². The molecule has 0 atom stereocenters. The van der Waals surface area contributed by atoms with E-state index in [1.807, 2.05) is 6.07 Å². The second-order valence-corrected chi connectivity index (χ2v) is 3.62. The molecule has 1 aromatic heterocycles. The molecule has 2 N–H and O–H groups in total. The van der Waals surface area contributed by atoms with Gasteiger partial charge in [0.25, 0.3) is 5.82 Å². The zero-order valence-corrected chi connectivity index (χ0v) is 11.4. The predicted octanol–water partition coefficient (Wildman–Crippen LogP) is -2.11. The van der Waals surface area contributed by atoms with Gasteiger partial charge in [-0.2, -0.15) is 0 Å². The van der Waals surface area contributed by atoms with Gasteiger partial charge in [-0.3, -0.25) is 5.73 Å². The number of halogens is 2. The lowest BCUT2D eigenvalue weighted by Gasteiger charge is -2.03. The Kier molecular flexibility index (Phi) is 6.51. The highest BCUT2D eigenvalue weighted by Gasteiger charge is 2.10. The Hall–Kier alpha value is -0.620. The Morgan fingerprint density at radius 2 is 2.27 bits per heavy atom. The number of nitrogens with zero attached hydrogens (tertiary/aromatic N) is 1. The average molecular weight is 340 g/mol. The maximum atomic E-state index is 11.2. The Bertz CT molecular complexity index is 345. The lowest BCUT2D eigenvalue weighted by molar-refractivity contribution is -0.672. The number of esters is 1. The third kappa shape index (κ3) is 4.61. The molecule has 1 heterocycles. The smallest absolute Gasteiger partial charge is 0.348 e. The molecule has 0 aromatic carbocycles. The van der Waals surface area contributed by atoms with Crippen molar-refractivity contribution in [3.05, 3.63) is 22.8 Å². The normalized spacial score (nSPS) is 9.20. The molecule has 1 aromatic rings. The van der Waals surface area contributed by atoms with Crippen molar-refractivity contribution in [3.63, 3.8) is 0 Å². The summed E-state index contributed by atoms with van der Waals surface area (Å²) in [4.78, 5) is 11.2. The highest BCUT2D eigenvalue weighted by atomic mass is 79.9. The Morgan fingerprint density at radius 1 is 1.60 bits per heavy atom. The van der Waals surface area contributed by atoms with Gasteiger partial charge >= 0.3 is 5.97 Å². The molecule has 0 bridgehead atoms. The second kappa shape index (κ2) is 6.79. The van der Waals surface area contributed by atoms with Crippen molar-refractivity contribution in [2.75, 3.05) is 12.3 Å². The van der Waals surface area contributed by atoms with E-state index in [9.17, 15) is 4.79 Å². The molecule has 0 amide bonds. The van der Waals surface area contributed by atoms with Gasteiger partial charge in [-0.15, -0.1) is 0 Å². The van der Waals surface area contributed by atoms with Gasteiger partial charge in [0, 0.05) is 6.07 Å². The van der Waals surface area contributed by atoms with Crippen LogP contribution in [-0.2, 0) is 16.1 Å². The summed E-state index contributed by atoms with van der Waals surface area (Å²) in [6.45, 7) is 2.29. The summed E-state index contributed by atoms with van der Waals surface area (Å²) in [5.74, 6) is 0.239. The van der Waals surface area contributed by atoms with E-state index in [2.05, 4.69) is 15.9 Å². The molecule has 0 fully saturated rings. The van der Waals surface area contributed by atoms with Crippen molar-refractivity contribution in [1.82, 2.24) is 0 Å². The molecule has 0 unspecified atom stereocenters. The number of carbonyl (C=O) groups is 1. The predicted molar refractivity (Wildman–Crippen MR) is 55.4 cm³/mol. The van der Waals surface area contributed by atoms with Crippen LogP contribution in [0.25, 0.3) is 0 Å². The number of ether oxygens (including phenoxy) is 1. The van der Waals surface area contributed by atoms with Gasteiger partial charge in [-0.05, 0) is 28.9 Å². The fourth-order valence-electron chi connectivity index (χ4n) is 1.01. The summed E-state index contributed by atoms with van der Waals surface area (Å²) in [6.07, 6.45) is 1.74. The SMILES string of the molecule is CCOC(=O)C[n+]1cc(Br)ccc1N.[Br-]. The molecule has 0 spiro atoms. The number of nitrogen functional groups attached to an aromatic ring is 1. The van der Waals surface area contributed by atoms with Crippen LogP contribution in [0.15, 0.2) is 22.8 Å². The topological polar surface area (TPSA) is 56.2 Å². The molecule has 84 valence electrons. The molecule has 0 saturated heterocycles. The van der Waals surface area contributed by atoms with E-state index in [4.69, 9.17) is 10.5 Å². The van der Waals surface area contributed by atoms with E-state index in [-0.39, 0.29) is 29.5 Å². The summed E-state index contributed by atoms with van der Waals surface area (Å²) in [5.41, 5.74) is 5.67. The zero-order chi connectivity index (χ0) is 10.6. The first-order chi connectivity index (χ1) is 6.63. The molecule has 0 aliphatic carbocycles. The van der Waals surface area contributed by atoms with Gasteiger partial charge < -0.3 is 21.7 Å². The maximum Gasteiger partial charge on any atom is 0.348 e. The Morgan fingerprint density at radius 3 is 2.87 bits per heavy atom. The monoisotopic (exact) mass is 338 g/mol. The first-order valence-electron chi connectivity index (χ1n) is 4.23. The minimum atomic E-state index is -0.290. The fourth-order valence-corrected chi connectivity index (χ4v) is 1.39. The quantitative estimate of drug-likeness (QED) is 0.506. The van der Waals surface area contributed by atoms with Crippen LogP contribution in [0.3, 0.4) is 0 Å². The summed E-state index contributed by atoms with van der Waals surface area (Å²) in [5, 5.41) is 0. The van der Waals surface area contributed by atoms with E-state index in [1.165, 1.54) is 0 Å². The number of pyridine rings is 1. The molecule has 0 aliphatic heterocycles. The number of carbonyl (C=O) groups excluding carboxylic acids is 1. The highest BCUT2D eigenvalue weighted by Crippen LogP contribution is 2.06. The van der Waals surface area contributed by atoms with Gasteiger partial charge in [0.2, 0.25) is 0 Å². The van der Waals surface area contributed by atoms with Gasteiger partial charge in [0.05, 0.1) is 11.1 Å². The average Bonchev–Trinajstić information content (AvgIpc) is 2.12. The van der Waals surface area contributed by atoms with Crippen molar-refractivity contribution in [2.24, 2.45) is 0 Å². The van der Waals surface area contributed by atoms with Gasteiger partial charge in [0.15, 0.2) is 6.54 Å². The minimum absolute atomic E-state index is 0. The number of nitrogens with two attached hydrogens (primary N) is 1. The molecule has 1 rings (SSSR count). The standard InChI is InChI=1S/C9H11BrN2O2.BrH/c1-2-14-9(13)6-12-5-7(10)3-4-8(12)11;/h3-5,11H,2,6H2,1H3;1H. The molecular formula is C9H12Br2N2O2. The summed E-state index contributed by atoms with van der Waals surface area (Å²) in [6, 6.07) is 3.54. The summed E-state index contributed by atoms with van der Waals surface area (Å²) in [7, 11) is 0. The molecule has 0 aliphatic rings. The second-order valence-electron chi connectivity index (χ2n) is 2.71. The van der Waals surface area contributed by atoms with Crippen molar-refractivity contribution >= 4 is 27.7 Å². The fraction of sp³-hybridized carbons (Fsp3) is 0.333. The van der Waals surface area contributed by atoms with Crippen LogP contribution in [0.4, 0.5) is 5.82 Å². The van der Waals surface area contributed by atoms with Crippen LogP contribution >= 0.6 is 15.9 Å². The largest absolute Gasteiger partial charge is 1.00 e. The van der Waals surface area contributed by atoms with E-state index in [1.54, 1.807) is 23.8 Å². The van der Waals surface area contributed by atoms with Gasteiger partial charge in [-0.1, -0.05) is 0 Å². The third-order valence-electron chi connectivity index (χ3n) is 1.63. The lowest BCUT2D eigenvalue weighted by atomic mass is 10.4. The van der Waals surface area contributed by atoms with Crippen molar-refractivity contribution in [2.45, 2.75) is 13.5 Å². The van der Waals surface area contributed by atoms with Crippen molar-refractivity contribution in [3.8, 4) is 0 Å². The molecule has 15 heavy (non-hydrogen) atoms. The van der Waals surface area contributed by atoms with E-state index in [0.717, 1.165) is 4.47 Å². The molecular weight excluding hydrogens is 328 g/mol.